The minimum atomic E-state index is -4.46. The van der Waals surface area contributed by atoms with Crippen molar-refractivity contribution in [2.75, 3.05) is 26.2 Å². The lowest BCUT2D eigenvalue weighted by Gasteiger charge is -2.62. The summed E-state index contributed by atoms with van der Waals surface area (Å²) in [5.74, 6) is 3.22. The Hall–Kier alpha value is -0.290. The maximum absolute atomic E-state index is 11.8. The van der Waals surface area contributed by atoms with E-state index < -0.39 is 16.5 Å². The topological polar surface area (TPSA) is 134 Å². The second kappa shape index (κ2) is 17.8. The Labute approximate surface area is 288 Å². The molecular weight excluding hydrogens is 611 g/mol. The molecule has 0 heterocycles. The van der Waals surface area contributed by atoms with Gasteiger partial charge in [-0.1, -0.05) is 60.3 Å². The first-order valence-electron chi connectivity index (χ1n) is 19.8. The van der Waals surface area contributed by atoms with E-state index in [1.165, 1.54) is 89.9 Å². The number of hydrogen-bond acceptors (Lipinski definition) is 7. The minimum absolute atomic E-state index is 0.0154. The molecule has 0 aromatic rings. The fourth-order valence-electron chi connectivity index (χ4n) is 11.4. The van der Waals surface area contributed by atoms with E-state index in [0.29, 0.717) is 53.4 Å². The summed E-state index contributed by atoms with van der Waals surface area (Å²) in [4.78, 5) is 0. The number of aliphatic hydroxyl groups excluding tert-OH is 1. The largest absolute Gasteiger partial charge is 0.397 e. The van der Waals surface area contributed by atoms with Gasteiger partial charge in [-0.25, -0.2) is 4.18 Å². The van der Waals surface area contributed by atoms with Gasteiger partial charge in [-0.3, -0.25) is 4.55 Å². The van der Waals surface area contributed by atoms with Crippen molar-refractivity contribution in [3.05, 3.63) is 0 Å². The van der Waals surface area contributed by atoms with Gasteiger partial charge < -0.3 is 21.5 Å². The molecule has 276 valence electrons. The van der Waals surface area contributed by atoms with Crippen molar-refractivity contribution in [2.24, 2.45) is 58.0 Å². The number of unbranched alkanes of at least 4 members (excludes halogenated alkanes) is 5. The Balaban J connectivity index is 1.23. The van der Waals surface area contributed by atoms with Crippen molar-refractivity contribution < 1.29 is 22.3 Å². The maximum atomic E-state index is 11.8. The summed E-state index contributed by atoms with van der Waals surface area (Å²) in [7, 11) is -4.46. The van der Waals surface area contributed by atoms with Crippen LogP contribution in [0.3, 0.4) is 0 Å². The van der Waals surface area contributed by atoms with E-state index in [-0.39, 0.29) is 17.4 Å². The van der Waals surface area contributed by atoms with E-state index in [1.807, 2.05) is 13.8 Å². The molecule has 0 aromatic heterocycles. The Kier molecular flexibility index (Phi) is 14.9. The van der Waals surface area contributed by atoms with Crippen molar-refractivity contribution in [3.8, 4) is 0 Å². The van der Waals surface area contributed by atoms with E-state index in [1.54, 1.807) is 0 Å². The second-order valence-corrected chi connectivity index (χ2v) is 18.4. The van der Waals surface area contributed by atoms with Gasteiger partial charge in [0.15, 0.2) is 0 Å². The summed E-state index contributed by atoms with van der Waals surface area (Å²) < 4.78 is 37.2. The number of nitrogens with one attached hydrogen (secondary N) is 2. The van der Waals surface area contributed by atoms with E-state index in [9.17, 15) is 18.1 Å². The number of aliphatic hydroxyl groups is 1. The molecule has 4 aliphatic rings. The summed E-state index contributed by atoms with van der Waals surface area (Å²) in [6, 6.07) is 0.579. The predicted molar refractivity (Wildman–Crippen MR) is 192 cm³/mol. The molecule has 0 aliphatic heterocycles. The van der Waals surface area contributed by atoms with Crippen LogP contribution in [0.2, 0.25) is 0 Å². The van der Waals surface area contributed by atoms with Crippen LogP contribution in [0.1, 0.15) is 144 Å². The highest BCUT2D eigenvalue weighted by atomic mass is 32.3. The fourth-order valence-corrected chi connectivity index (χ4v) is 12.0. The highest BCUT2D eigenvalue weighted by Gasteiger charge is 2.62. The smallest absolute Gasteiger partial charge is 0.393 e. The van der Waals surface area contributed by atoms with Gasteiger partial charge in [-0.15, -0.1) is 0 Å². The van der Waals surface area contributed by atoms with E-state index in [4.69, 9.17) is 9.92 Å². The van der Waals surface area contributed by atoms with Crippen molar-refractivity contribution in [1.29, 1.82) is 0 Å². The lowest BCUT2D eigenvalue weighted by Crippen LogP contribution is -2.59. The first-order valence-corrected chi connectivity index (χ1v) is 21.1. The summed E-state index contributed by atoms with van der Waals surface area (Å²) >= 11 is 0. The molecule has 4 aliphatic carbocycles. The normalized spacial score (nSPS) is 36.9. The maximum Gasteiger partial charge on any atom is 0.397 e. The lowest BCUT2D eigenvalue weighted by molar-refractivity contribution is -0.167. The molecule has 8 nitrogen and oxygen atoms in total. The first-order chi connectivity index (χ1) is 22.3. The van der Waals surface area contributed by atoms with Crippen LogP contribution < -0.4 is 16.4 Å². The van der Waals surface area contributed by atoms with Gasteiger partial charge in [0.25, 0.3) is 0 Å². The molecule has 0 bridgehead atoms. The highest BCUT2D eigenvalue weighted by molar-refractivity contribution is 7.80. The van der Waals surface area contributed by atoms with Gasteiger partial charge in [-0.05, 0) is 162 Å². The minimum Gasteiger partial charge on any atom is -0.393 e. The average molecular weight is 684 g/mol. The fraction of sp³-hybridized carbons (Fsp3) is 1.00. The van der Waals surface area contributed by atoms with E-state index in [0.717, 1.165) is 39.0 Å². The zero-order valence-electron chi connectivity index (χ0n) is 30.7. The Morgan fingerprint density at radius 2 is 1.49 bits per heavy atom. The van der Waals surface area contributed by atoms with Crippen LogP contribution in [-0.2, 0) is 14.6 Å². The van der Waals surface area contributed by atoms with Gasteiger partial charge in [0.2, 0.25) is 0 Å². The SMILES string of the molecule is CC(C)[C@@H](CC[C@@H](C)[C@H]1CC[C@H]2[C@@H]3[C@H](O)CC4C[C@@H](NCCCNCCCCCCCCN)CC[C@]4(C)[C@H]3CC[C@]12C)OS(=O)(=O)O. The molecular formula is C38H73N3O5S. The molecule has 0 amide bonds. The molecule has 4 saturated carbocycles. The number of nitrogens with two attached hydrogens (primary N) is 1. The molecule has 0 saturated heterocycles. The first kappa shape index (κ1) is 39.5. The van der Waals surface area contributed by atoms with Crippen molar-refractivity contribution in [2.45, 2.75) is 162 Å². The van der Waals surface area contributed by atoms with Gasteiger partial charge in [0.1, 0.15) is 0 Å². The van der Waals surface area contributed by atoms with Crippen LogP contribution >= 0.6 is 0 Å². The molecule has 4 fully saturated rings. The zero-order valence-corrected chi connectivity index (χ0v) is 31.5. The van der Waals surface area contributed by atoms with Crippen LogP contribution in [0, 0.1) is 52.3 Å². The second-order valence-electron chi connectivity index (χ2n) is 17.3. The zero-order chi connectivity index (χ0) is 34.2. The summed E-state index contributed by atoms with van der Waals surface area (Å²) in [5.41, 5.74) is 6.13. The van der Waals surface area contributed by atoms with Crippen molar-refractivity contribution in [3.63, 3.8) is 0 Å². The van der Waals surface area contributed by atoms with Gasteiger partial charge >= 0.3 is 10.4 Å². The number of rotatable bonds is 20. The van der Waals surface area contributed by atoms with Crippen molar-refractivity contribution >= 4 is 10.4 Å². The molecule has 1 unspecified atom stereocenters. The third kappa shape index (κ3) is 10.2. The molecule has 4 rings (SSSR count). The van der Waals surface area contributed by atoms with Crippen LogP contribution in [0.4, 0.5) is 0 Å². The van der Waals surface area contributed by atoms with Crippen LogP contribution in [0.25, 0.3) is 0 Å². The molecule has 0 aromatic carbocycles. The number of hydrogen-bond donors (Lipinski definition) is 5. The Morgan fingerprint density at radius 3 is 2.19 bits per heavy atom. The van der Waals surface area contributed by atoms with Gasteiger partial charge in [0, 0.05) is 6.04 Å². The highest BCUT2D eigenvalue weighted by Crippen LogP contribution is 2.68. The lowest BCUT2D eigenvalue weighted by atomic mass is 9.43. The average Bonchev–Trinajstić information content (AvgIpc) is 3.36. The quantitative estimate of drug-likeness (QED) is 0.0677. The van der Waals surface area contributed by atoms with E-state index >= 15 is 0 Å². The van der Waals surface area contributed by atoms with E-state index in [2.05, 4.69) is 31.4 Å². The Morgan fingerprint density at radius 1 is 0.830 bits per heavy atom. The molecule has 0 radical (unpaired) electrons. The summed E-state index contributed by atoms with van der Waals surface area (Å²) in [6.45, 7) is 15.5. The third-order valence-electron chi connectivity index (χ3n) is 14.1. The van der Waals surface area contributed by atoms with Crippen molar-refractivity contribution in [1.82, 2.24) is 10.6 Å². The monoisotopic (exact) mass is 684 g/mol. The van der Waals surface area contributed by atoms with Gasteiger partial charge in [0.05, 0.1) is 12.2 Å². The predicted octanol–water partition coefficient (Wildman–Crippen LogP) is 7.11. The standard InChI is InChI=1S/C38H73N3O5S/c1-27(2)35(46-47(43,44)45)16-13-28(3)31-14-15-32-36-33(18-20-38(31,32)5)37(4)19-17-30(25-29(37)26-34(36)42)41-24-12-23-40-22-11-9-7-6-8-10-21-39/h27-36,40-42H,6-26,39H2,1-5H3,(H,43,44,45)/t28-,29?,30+,31-,32+,33+,34-,35-,36+,37+,38-/m1/s1. The summed E-state index contributed by atoms with van der Waals surface area (Å²) in [6.07, 6.45) is 19.3. The van der Waals surface area contributed by atoms with Crippen LogP contribution in [-0.4, -0.2) is 62.5 Å². The Bertz CT molecular complexity index is 1040. The van der Waals surface area contributed by atoms with Gasteiger partial charge in [-0.2, -0.15) is 8.42 Å². The molecule has 47 heavy (non-hydrogen) atoms. The molecule has 0 spiro atoms. The molecule has 9 heteroatoms. The van der Waals surface area contributed by atoms with Crippen LogP contribution in [0.5, 0.6) is 0 Å². The number of fused-ring (bicyclic) bond motifs is 5. The molecule has 6 N–H and O–H groups in total. The summed E-state index contributed by atoms with van der Waals surface area (Å²) in [5, 5.41) is 19.4. The van der Waals surface area contributed by atoms with Crippen LogP contribution in [0.15, 0.2) is 0 Å². The third-order valence-corrected chi connectivity index (χ3v) is 14.6. The molecule has 11 atom stereocenters.